The van der Waals surface area contributed by atoms with Crippen LogP contribution in [0.4, 0.5) is 0 Å². The molecule has 2 rings (SSSR count). The van der Waals surface area contributed by atoms with Gasteiger partial charge in [-0.2, -0.15) is 5.10 Å². The van der Waals surface area contributed by atoms with Gasteiger partial charge < -0.3 is 4.57 Å². The van der Waals surface area contributed by atoms with Crippen molar-refractivity contribution >= 4 is 22.2 Å². The topological polar surface area (TPSA) is 93.8 Å². The average Bonchev–Trinajstić information content (AvgIpc) is 2.66. The van der Waals surface area contributed by atoms with Crippen molar-refractivity contribution < 1.29 is 8.42 Å². The van der Waals surface area contributed by atoms with Crippen LogP contribution in [0.1, 0.15) is 11.4 Å². The van der Waals surface area contributed by atoms with Crippen molar-refractivity contribution in [1.82, 2.24) is 14.8 Å². The number of benzene rings is 1. The van der Waals surface area contributed by atoms with Gasteiger partial charge in [0.15, 0.2) is 4.77 Å². The second-order valence-electron chi connectivity index (χ2n) is 4.17. The van der Waals surface area contributed by atoms with Crippen LogP contribution in [0.3, 0.4) is 0 Å². The Morgan fingerprint density at radius 1 is 1.37 bits per heavy atom. The molecule has 0 fully saturated rings. The second kappa shape index (κ2) is 5.24. The highest BCUT2D eigenvalue weighted by molar-refractivity contribution is 7.89. The molecule has 102 valence electrons. The van der Waals surface area contributed by atoms with Crippen molar-refractivity contribution in [3.63, 3.8) is 0 Å². The molecule has 6 nitrogen and oxygen atoms in total. The van der Waals surface area contributed by atoms with Crippen LogP contribution in [0.2, 0.25) is 0 Å². The van der Waals surface area contributed by atoms with Gasteiger partial charge in [-0.25, -0.2) is 13.6 Å². The van der Waals surface area contributed by atoms with Gasteiger partial charge in [-0.15, -0.1) is 0 Å². The number of primary sulfonamides is 1. The van der Waals surface area contributed by atoms with E-state index in [4.69, 9.17) is 17.4 Å². The first-order chi connectivity index (χ1) is 8.88. The van der Waals surface area contributed by atoms with Crippen molar-refractivity contribution in [3.05, 3.63) is 40.4 Å². The Morgan fingerprint density at radius 3 is 2.47 bits per heavy atom. The molecule has 19 heavy (non-hydrogen) atoms. The summed E-state index contributed by atoms with van der Waals surface area (Å²) in [5.74, 6) is 0.825. The fraction of sp³-hybridized carbons (Fsp3) is 0.273. The number of aromatic amines is 1. The van der Waals surface area contributed by atoms with Gasteiger partial charge in [0.25, 0.3) is 0 Å². The zero-order valence-corrected chi connectivity index (χ0v) is 12.0. The lowest BCUT2D eigenvalue weighted by Gasteiger charge is -2.05. The van der Waals surface area contributed by atoms with E-state index in [2.05, 4.69) is 10.2 Å². The van der Waals surface area contributed by atoms with Gasteiger partial charge in [0, 0.05) is 6.54 Å². The van der Waals surface area contributed by atoms with Gasteiger partial charge >= 0.3 is 0 Å². The smallest absolute Gasteiger partial charge is 0.238 e. The number of hydrogen-bond donors (Lipinski definition) is 2. The van der Waals surface area contributed by atoms with E-state index in [1.807, 2.05) is 11.5 Å². The molecule has 0 unspecified atom stereocenters. The lowest BCUT2D eigenvalue weighted by atomic mass is 10.1. The first-order valence-electron chi connectivity index (χ1n) is 5.61. The molecule has 3 N–H and O–H groups in total. The second-order valence-corrected chi connectivity index (χ2v) is 6.11. The molecule has 0 bridgehead atoms. The van der Waals surface area contributed by atoms with Crippen molar-refractivity contribution in [2.24, 2.45) is 5.14 Å². The van der Waals surface area contributed by atoms with E-state index in [0.29, 0.717) is 11.3 Å². The maximum atomic E-state index is 11.1. The fourth-order valence-electron chi connectivity index (χ4n) is 1.75. The van der Waals surface area contributed by atoms with E-state index >= 15 is 0 Å². The summed E-state index contributed by atoms with van der Waals surface area (Å²) < 4.78 is 24.7. The molecular formula is C11H14N4O2S2. The summed E-state index contributed by atoms with van der Waals surface area (Å²) in [7, 11) is -3.63. The van der Waals surface area contributed by atoms with Crippen LogP contribution >= 0.6 is 12.2 Å². The Labute approximate surface area is 116 Å². The van der Waals surface area contributed by atoms with Crippen LogP contribution < -0.4 is 5.14 Å². The summed E-state index contributed by atoms with van der Waals surface area (Å²) in [5.41, 5.74) is 1.01. The first-order valence-corrected chi connectivity index (χ1v) is 7.57. The Balaban J connectivity index is 2.11. The molecule has 1 heterocycles. The molecule has 0 atom stereocenters. The van der Waals surface area contributed by atoms with Gasteiger partial charge in [-0.3, -0.25) is 5.10 Å². The predicted molar refractivity (Wildman–Crippen MR) is 73.7 cm³/mol. The Morgan fingerprint density at radius 2 is 2.00 bits per heavy atom. The molecule has 0 aliphatic heterocycles. The molecule has 2 aromatic rings. The third kappa shape index (κ3) is 3.28. The Hall–Kier alpha value is -1.51. The van der Waals surface area contributed by atoms with Crippen LogP contribution in [-0.2, 0) is 23.0 Å². The van der Waals surface area contributed by atoms with Crippen LogP contribution in [0.5, 0.6) is 0 Å². The highest BCUT2D eigenvalue weighted by atomic mass is 32.2. The van der Waals surface area contributed by atoms with E-state index in [-0.39, 0.29) is 4.90 Å². The number of H-pyrrole nitrogens is 1. The minimum atomic E-state index is -3.63. The maximum absolute atomic E-state index is 11.1. The molecule has 1 aromatic heterocycles. The molecule has 0 spiro atoms. The van der Waals surface area contributed by atoms with Crippen molar-refractivity contribution in [2.45, 2.75) is 24.8 Å². The molecule has 0 amide bonds. The zero-order valence-electron chi connectivity index (χ0n) is 10.3. The average molecular weight is 298 g/mol. The Bertz CT molecular complexity index is 729. The number of aryl methyl sites for hydroxylation is 2. The number of hydrogen-bond acceptors (Lipinski definition) is 4. The lowest BCUT2D eigenvalue weighted by Crippen LogP contribution is -2.12. The maximum Gasteiger partial charge on any atom is 0.238 e. The lowest BCUT2D eigenvalue weighted by molar-refractivity contribution is 0.597. The van der Waals surface area contributed by atoms with Crippen molar-refractivity contribution in [2.75, 3.05) is 0 Å². The van der Waals surface area contributed by atoms with Crippen LogP contribution in [0.25, 0.3) is 0 Å². The molecule has 0 radical (unpaired) electrons. The standard InChI is InChI=1S/C11H14N4O2S2/c1-8-13-14-11(18)15(8)7-6-9-2-4-10(5-3-9)19(12,16)17/h2-5H,6-7H2,1H3,(H,14,18)(H2,12,16,17). The molecular weight excluding hydrogens is 284 g/mol. The SMILES string of the molecule is Cc1n[nH]c(=S)n1CCc1ccc(S(N)(=O)=O)cc1. The normalized spacial score (nSPS) is 11.7. The first kappa shape index (κ1) is 13.9. The minimum absolute atomic E-state index is 0.118. The van der Waals surface area contributed by atoms with Gasteiger partial charge in [0.05, 0.1) is 4.90 Å². The number of rotatable bonds is 4. The van der Waals surface area contributed by atoms with E-state index in [1.54, 1.807) is 12.1 Å². The summed E-state index contributed by atoms with van der Waals surface area (Å²) in [6.45, 7) is 2.56. The van der Waals surface area contributed by atoms with E-state index in [9.17, 15) is 8.42 Å². The quantitative estimate of drug-likeness (QED) is 0.828. The van der Waals surface area contributed by atoms with Crippen LogP contribution in [0, 0.1) is 11.7 Å². The number of aromatic nitrogens is 3. The van der Waals surface area contributed by atoms with Gasteiger partial charge in [-0.05, 0) is 43.3 Å². The molecule has 0 aliphatic carbocycles. The number of nitrogens with two attached hydrogens (primary N) is 1. The number of nitrogens with one attached hydrogen (secondary N) is 1. The number of sulfonamides is 1. The summed E-state index contributed by atoms with van der Waals surface area (Å²) in [4.78, 5) is 0.118. The third-order valence-corrected chi connectivity index (χ3v) is 4.07. The van der Waals surface area contributed by atoms with Crippen LogP contribution in [-0.4, -0.2) is 23.2 Å². The summed E-state index contributed by atoms with van der Waals surface area (Å²) >= 11 is 5.11. The largest absolute Gasteiger partial charge is 0.304 e. The zero-order chi connectivity index (χ0) is 14.0. The summed E-state index contributed by atoms with van der Waals surface area (Å²) in [5, 5.41) is 11.8. The van der Waals surface area contributed by atoms with Crippen LogP contribution in [0.15, 0.2) is 29.2 Å². The fourth-order valence-corrected chi connectivity index (χ4v) is 2.53. The third-order valence-electron chi connectivity index (χ3n) is 2.83. The molecule has 1 aromatic carbocycles. The molecule has 0 saturated carbocycles. The summed E-state index contributed by atoms with van der Waals surface area (Å²) in [6, 6.07) is 6.51. The molecule has 0 aliphatic rings. The Kier molecular flexibility index (Phi) is 3.83. The number of nitrogens with zero attached hydrogens (tertiary/aromatic N) is 2. The molecule has 0 saturated heterocycles. The summed E-state index contributed by atoms with van der Waals surface area (Å²) in [6.07, 6.45) is 0.736. The van der Waals surface area contributed by atoms with E-state index < -0.39 is 10.0 Å². The highest BCUT2D eigenvalue weighted by Gasteiger charge is 2.07. The van der Waals surface area contributed by atoms with Gasteiger partial charge in [-0.1, -0.05) is 12.1 Å². The van der Waals surface area contributed by atoms with Gasteiger partial charge in [0.2, 0.25) is 10.0 Å². The predicted octanol–water partition coefficient (Wildman–Crippen LogP) is 1.14. The van der Waals surface area contributed by atoms with Gasteiger partial charge in [0.1, 0.15) is 5.82 Å². The monoisotopic (exact) mass is 298 g/mol. The van der Waals surface area contributed by atoms with E-state index in [1.165, 1.54) is 12.1 Å². The van der Waals surface area contributed by atoms with Crippen molar-refractivity contribution in [3.8, 4) is 0 Å². The van der Waals surface area contributed by atoms with Crippen molar-refractivity contribution in [1.29, 1.82) is 0 Å². The van der Waals surface area contributed by atoms with E-state index in [0.717, 1.165) is 17.8 Å². The minimum Gasteiger partial charge on any atom is -0.304 e. The molecule has 8 heteroatoms. The highest BCUT2D eigenvalue weighted by Crippen LogP contribution is 2.10.